The molecule has 67 heavy (non-hydrogen) atoms. The molecule has 2 aliphatic rings. The smallest absolute Gasteiger partial charge is 0.182 e. The van der Waals surface area contributed by atoms with E-state index in [1.54, 1.807) is 0 Å². The van der Waals surface area contributed by atoms with Gasteiger partial charge in [-0.2, -0.15) is 0 Å². The second kappa shape index (κ2) is 16.4. The number of anilines is 4. The van der Waals surface area contributed by atoms with Crippen LogP contribution in [0.15, 0.2) is 212 Å². The summed E-state index contributed by atoms with van der Waals surface area (Å²) in [5.74, 6) is 1.57. The van der Waals surface area contributed by atoms with Crippen molar-refractivity contribution in [2.75, 3.05) is 16.5 Å². The molecule has 0 radical (unpaired) electrons. The van der Waals surface area contributed by atoms with Crippen molar-refractivity contribution in [3.63, 3.8) is 0 Å². The maximum absolute atomic E-state index is 6.87. The van der Waals surface area contributed by atoms with Gasteiger partial charge in [-0.05, 0) is 96.3 Å². The van der Waals surface area contributed by atoms with E-state index in [-0.39, 0.29) is 10.8 Å². The monoisotopic (exact) mass is 885 g/mol. The maximum atomic E-state index is 6.87. The molecule has 0 saturated carbocycles. The molecule has 11 rings (SSSR count). The Hall–Kier alpha value is -7.47. The lowest BCUT2D eigenvalue weighted by molar-refractivity contribution is 0.483. The molecule has 0 bridgehead atoms. The van der Waals surface area contributed by atoms with Crippen molar-refractivity contribution in [3.05, 3.63) is 224 Å². The molecule has 0 aliphatic carbocycles. The van der Waals surface area contributed by atoms with Crippen LogP contribution in [0.5, 0.6) is 11.5 Å². The van der Waals surface area contributed by atoms with E-state index in [2.05, 4.69) is 258 Å². The molecule has 0 N–H and O–H groups in total. The van der Waals surface area contributed by atoms with Gasteiger partial charge in [-0.15, -0.1) is 0 Å². The number of fused-ring (bicyclic) bond motifs is 4. The van der Waals surface area contributed by atoms with Crippen molar-refractivity contribution in [2.45, 2.75) is 52.4 Å². The van der Waals surface area contributed by atoms with Crippen LogP contribution in [-0.2, 0) is 10.8 Å². The summed E-state index contributed by atoms with van der Waals surface area (Å²) in [5, 5.41) is 5.35. The van der Waals surface area contributed by atoms with E-state index < -0.39 is 8.07 Å². The average Bonchev–Trinajstić information content (AvgIpc) is 3.88. The van der Waals surface area contributed by atoms with E-state index in [9.17, 15) is 0 Å². The fourth-order valence-corrected chi connectivity index (χ4v) is 15.5. The Bertz CT molecular complexity index is 3140. The van der Waals surface area contributed by atoms with E-state index in [0.29, 0.717) is 6.67 Å². The van der Waals surface area contributed by atoms with Gasteiger partial charge in [-0.3, -0.25) is 4.98 Å². The van der Waals surface area contributed by atoms with Crippen LogP contribution in [-0.4, -0.2) is 19.7 Å². The summed E-state index contributed by atoms with van der Waals surface area (Å²) in [4.78, 5) is 9.98. The number of para-hydroxylation sites is 3. The van der Waals surface area contributed by atoms with Crippen molar-refractivity contribution < 1.29 is 4.74 Å². The fourth-order valence-electron chi connectivity index (χ4n) is 10.4. The predicted octanol–water partition coefficient (Wildman–Crippen LogP) is 13.4. The largest absolute Gasteiger partial charge is 0.457 e. The Morgan fingerprint density at radius 3 is 1.57 bits per heavy atom. The van der Waals surface area contributed by atoms with Gasteiger partial charge in [0, 0.05) is 34.6 Å². The van der Waals surface area contributed by atoms with E-state index in [1.165, 1.54) is 59.8 Å². The van der Waals surface area contributed by atoms with Crippen LogP contribution in [0.3, 0.4) is 0 Å². The van der Waals surface area contributed by atoms with Crippen molar-refractivity contribution in [1.29, 1.82) is 0 Å². The third-order valence-corrected chi connectivity index (χ3v) is 18.7. The molecule has 0 fully saturated rings. The van der Waals surface area contributed by atoms with Crippen molar-refractivity contribution in [1.82, 2.24) is 4.98 Å². The maximum Gasteiger partial charge on any atom is 0.182 e. The lowest BCUT2D eigenvalue weighted by Crippen LogP contribution is -2.72. The Morgan fingerprint density at radius 2 is 0.985 bits per heavy atom. The zero-order chi connectivity index (χ0) is 45.9. The van der Waals surface area contributed by atoms with Crippen LogP contribution in [0.2, 0.25) is 0 Å². The molecule has 9 aromatic rings. The summed E-state index contributed by atoms with van der Waals surface area (Å²) >= 11 is 0. The molecule has 0 saturated heterocycles. The number of hydrogen-bond donors (Lipinski definition) is 0. The highest BCUT2D eigenvalue weighted by atomic mass is 28.3. The van der Waals surface area contributed by atoms with Gasteiger partial charge in [-0.1, -0.05) is 199 Å². The highest BCUT2D eigenvalue weighted by Gasteiger charge is 2.49. The van der Waals surface area contributed by atoms with Crippen LogP contribution in [0, 0.1) is 0 Å². The first-order valence-electron chi connectivity index (χ1n) is 23.5. The molecule has 2 aliphatic heterocycles. The Kier molecular flexibility index (Phi) is 10.4. The van der Waals surface area contributed by atoms with Crippen molar-refractivity contribution in [3.8, 4) is 45.0 Å². The topological polar surface area (TPSA) is 28.6 Å². The third-order valence-electron chi connectivity index (χ3n) is 13.8. The van der Waals surface area contributed by atoms with Crippen LogP contribution < -0.4 is 35.3 Å². The number of ether oxygens (including phenoxy) is 1. The molecule has 8 aromatic carbocycles. The zero-order valence-electron chi connectivity index (χ0n) is 39.2. The minimum Gasteiger partial charge on any atom is -0.457 e. The van der Waals surface area contributed by atoms with Crippen LogP contribution in [0.4, 0.5) is 22.7 Å². The number of benzene rings is 8. The standard InChI is InChI=1S/C62H55N3OSi/c1-61(2,3)45-33-29-43(30-34-45)52-24-16-25-53(44-31-35-46(36-32-44)62(4,5)6)60(52)65-42-64(55-26-13-14-27-56(55)65)47-18-15-19-48(40-47)66-49-37-38-57-54(41-49)59-58(28-17-39-63-59)67(57,50-20-9-7-10-21-50)51-22-11-8-12-23-51/h7-41H,42H2,1-6H3. The molecule has 4 nitrogen and oxygen atoms in total. The molecular weight excluding hydrogens is 831 g/mol. The van der Waals surface area contributed by atoms with Crippen LogP contribution in [0.1, 0.15) is 52.7 Å². The molecule has 5 heteroatoms. The van der Waals surface area contributed by atoms with Gasteiger partial charge in [0.2, 0.25) is 0 Å². The van der Waals surface area contributed by atoms with Gasteiger partial charge < -0.3 is 14.5 Å². The normalized spacial score (nSPS) is 13.8. The second-order valence-electron chi connectivity index (χ2n) is 20.0. The van der Waals surface area contributed by atoms with E-state index in [0.717, 1.165) is 39.8 Å². The number of rotatable bonds is 8. The number of pyridine rings is 1. The van der Waals surface area contributed by atoms with Crippen LogP contribution >= 0.6 is 0 Å². The van der Waals surface area contributed by atoms with Gasteiger partial charge in [-0.25, -0.2) is 0 Å². The summed E-state index contributed by atoms with van der Waals surface area (Å²) in [6.45, 7) is 14.3. The molecule has 0 atom stereocenters. The Balaban J connectivity index is 0.974. The quantitative estimate of drug-likeness (QED) is 0.142. The van der Waals surface area contributed by atoms with E-state index in [4.69, 9.17) is 9.72 Å². The van der Waals surface area contributed by atoms with Crippen molar-refractivity contribution >= 4 is 51.6 Å². The molecule has 0 amide bonds. The lowest BCUT2D eigenvalue weighted by atomic mass is 9.85. The number of aromatic nitrogens is 1. The molecule has 0 unspecified atom stereocenters. The summed E-state index contributed by atoms with van der Waals surface area (Å²) in [7, 11) is -2.64. The average molecular weight is 886 g/mol. The zero-order valence-corrected chi connectivity index (χ0v) is 40.2. The first-order valence-corrected chi connectivity index (χ1v) is 25.5. The number of nitrogens with zero attached hydrogens (tertiary/aromatic N) is 3. The third kappa shape index (κ3) is 7.35. The minimum atomic E-state index is -2.64. The fraction of sp³-hybridized carbons (Fsp3) is 0.145. The molecule has 3 heterocycles. The summed E-state index contributed by atoms with van der Waals surface area (Å²) < 4.78 is 6.87. The molecule has 0 spiro atoms. The van der Waals surface area contributed by atoms with Gasteiger partial charge >= 0.3 is 0 Å². The predicted molar refractivity (Wildman–Crippen MR) is 284 cm³/mol. The van der Waals surface area contributed by atoms with Gasteiger partial charge in [0.25, 0.3) is 0 Å². The van der Waals surface area contributed by atoms with Gasteiger partial charge in [0.15, 0.2) is 8.07 Å². The Labute approximate surface area is 396 Å². The van der Waals surface area contributed by atoms with Crippen molar-refractivity contribution in [2.24, 2.45) is 0 Å². The lowest BCUT2D eigenvalue weighted by Gasteiger charge is -2.31. The molecule has 1 aromatic heterocycles. The SMILES string of the molecule is CC(C)(C)c1ccc(-c2cccc(-c3ccc(C(C)(C)C)cc3)c2N2CN(c3cccc(Oc4ccc5c(c4)-c4ncccc4[Si]5(c4ccccc4)c4ccccc4)c3)c3ccccc32)cc1. The van der Waals surface area contributed by atoms with Gasteiger partial charge in [0.05, 0.1) is 22.8 Å². The van der Waals surface area contributed by atoms with E-state index >= 15 is 0 Å². The Morgan fingerprint density at radius 1 is 0.448 bits per heavy atom. The summed E-state index contributed by atoms with van der Waals surface area (Å²) in [6.07, 6.45) is 1.92. The highest BCUT2D eigenvalue weighted by Crippen LogP contribution is 2.50. The minimum absolute atomic E-state index is 0.0615. The summed E-state index contributed by atoms with van der Waals surface area (Å²) in [6, 6.07) is 75.6. The highest BCUT2D eigenvalue weighted by molar-refractivity contribution is 7.22. The first kappa shape index (κ1) is 42.2. The van der Waals surface area contributed by atoms with Crippen LogP contribution in [0.25, 0.3) is 33.5 Å². The first-order chi connectivity index (χ1) is 32.5. The second-order valence-corrected chi connectivity index (χ2v) is 23.8. The molecule has 328 valence electrons. The summed E-state index contributed by atoms with van der Waals surface area (Å²) in [5.41, 5.74) is 14.3. The molecular formula is C62H55N3OSi. The number of hydrogen-bond acceptors (Lipinski definition) is 4. The van der Waals surface area contributed by atoms with Gasteiger partial charge in [0.1, 0.15) is 18.2 Å². The van der Waals surface area contributed by atoms with E-state index in [1.807, 2.05) is 6.20 Å².